The van der Waals surface area contributed by atoms with E-state index in [1.165, 1.54) is 0 Å². The maximum absolute atomic E-state index is 13.0. The topological polar surface area (TPSA) is 48.5 Å². The van der Waals surface area contributed by atoms with Crippen LogP contribution < -0.4 is 15.1 Å². The van der Waals surface area contributed by atoms with Crippen LogP contribution in [0, 0.1) is 0 Å². The summed E-state index contributed by atoms with van der Waals surface area (Å²) in [5.41, 5.74) is 3.01. The molecule has 0 unspecified atom stereocenters. The normalized spacial score (nSPS) is 18.6. The molecule has 1 aromatic carbocycles. The van der Waals surface area contributed by atoms with Crippen LogP contribution in [0.5, 0.6) is 0 Å². The highest BCUT2D eigenvalue weighted by atomic mass is 35.5. The van der Waals surface area contributed by atoms with Crippen LogP contribution in [0.1, 0.15) is 21.7 Å². The molecule has 2 aliphatic heterocycles. The molecule has 0 radical (unpaired) electrons. The zero-order valence-corrected chi connectivity index (χ0v) is 17.6. The molecule has 0 saturated carbocycles. The summed E-state index contributed by atoms with van der Waals surface area (Å²) in [5, 5.41) is 4.04. The maximum atomic E-state index is 13.0. The fourth-order valence-corrected chi connectivity index (χ4v) is 5.24. The number of nitrogens with one attached hydrogen (secondary N) is 1. The first-order valence-electron chi connectivity index (χ1n) is 9.71. The number of hydrogen-bond acceptors (Lipinski definition) is 5. The van der Waals surface area contributed by atoms with Crippen molar-refractivity contribution in [1.82, 2.24) is 10.3 Å². The highest BCUT2D eigenvalue weighted by Gasteiger charge is 2.32. The summed E-state index contributed by atoms with van der Waals surface area (Å²) in [6, 6.07) is 14.4. The summed E-state index contributed by atoms with van der Waals surface area (Å²) in [6.07, 6.45) is 2.94. The lowest BCUT2D eigenvalue weighted by molar-refractivity contribution is 0.1000. The molecule has 1 N–H and O–H groups in total. The second kappa shape index (κ2) is 7.44. The number of nitrogens with zero attached hydrogens (tertiary/aromatic N) is 3. The van der Waals surface area contributed by atoms with Gasteiger partial charge in [-0.15, -0.1) is 11.3 Å². The molecule has 0 bridgehead atoms. The van der Waals surface area contributed by atoms with Gasteiger partial charge >= 0.3 is 0 Å². The van der Waals surface area contributed by atoms with Gasteiger partial charge in [0.2, 0.25) is 0 Å². The predicted octanol–water partition coefficient (Wildman–Crippen LogP) is 4.42. The van der Waals surface area contributed by atoms with Crippen molar-refractivity contribution in [2.24, 2.45) is 0 Å². The highest BCUT2D eigenvalue weighted by molar-refractivity contribution is 7.17. The van der Waals surface area contributed by atoms with Crippen LogP contribution in [0.15, 0.2) is 48.7 Å². The fraction of sp³-hybridized carbons (Fsp3) is 0.273. The average Bonchev–Trinajstić information content (AvgIpc) is 3.45. The largest absolute Gasteiger partial charge is 0.355 e. The molecule has 5 rings (SSSR count). The van der Waals surface area contributed by atoms with E-state index < -0.39 is 0 Å². The number of hydrogen-bond donors (Lipinski definition) is 1. The summed E-state index contributed by atoms with van der Waals surface area (Å²) in [7, 11) is 2.00. The molecule has 1 atom stereocenters. The zero-order valence-electron chi connectivity index (χ0n) is 16.1. The lowest BCUT2D eigenvalue weighted by Gasteiger charge is -2.20. The number of likely N-dealkylation sites (N-methyl/N-ethyl adjacent to an activating group) is 1. The minimum atomic E-state index is 0.0520. The molecule has 1 saturated heterocycles. The number of benzene rings is 1. The Morgan fingerprint density at radius 3 is 2.69 bits per heavy atom. The standard InChI is InChI=1S/C22H21ClN4OS/c1-24-17-8-9-26(13-17)20-7-6-18(11-25-20)27-12-15-10-19(29-21(15)22(27)28)14-2-4-16(23)5-3-14/h2-7,10-11,17,24H,8-9,12-13H2,1H3/t17-/m1/s1. The summed E-state index contributed by atoms with van der Waals surface area (Å²) < 4.78 is 0. The molecule has 1 fully saturated rings. The van der Waals surface area contributed by atoms with E-state index in [1.54, 1.807) is 11.3 Å². The predicted molar refractivity (Wildman–Crippen MR) is 119 cm³/mol. The highest BCUT2D eigenvalue weighted by Crippen LogP contribution is 2.38. The van der Waals surface area contributed by atoms with Crippen molar-refractivity contribution in [3.8, 4) is 10.4 Å². The Kier molecular flexibility index (Phi) is 4.78. The van der Waals surface area contributed by atoms with E-state index in [0.29, 0.717) is 17.6 Å². The molecular weight excluding hydrogens is 404 g/mol. The van der Waals surface area contributed by atoms with Crippen molar-refractivity contribution in [3.63, 3.8) is 0 Å². The number of amides is 1. The summed E-state index contributed by atoms with van der Waals surface area (Å²) in [4.78, 5) is 23.6. The maximum Gasteiger partial charge on any atom is 0.269 e. The van der Waals surface area contributed by atoms with Crippen LogP contribution in [0.3, 0.4) is 0 Å². The SMILES string of the molecule is CN[C@@H]1CCN(c2ccc(N3Cc4cc(-c5ccc(Cl)cc5)sc4C3=O)cn2)C1. The van der Waals surface area contributed by atoms with E-state index >= 15 is 0 Å². The van der Waals surface area contributed by atoms with E-state index in [-0.39, 0.29) is 5.91 Å². The number of fused-ring (bicyclic) bond motifs is 1. The third-order valence-corrected chi connectivity index (χ3v) is 7.14. The van der Waals surface area contributed by atoms with Gasteiger partial charge < -0.3 is 15.1 Å². The van der Waals surface area contributed by atoms with Gasteiger partial charge in [0.05, 0.1) is 23.3 Å². The first-order valence-corrected chi connectivity index (χ1v) is 10.9. The number of carbonyl (C=O) groups excluding carboxylic acids is 1. The number of halogens is 1. The van der Waals surface area contributed by atoms with E-state index in [9.17, 15) is 4.79 Å². The van der Waals surface area contributed by atoms with Crippen molar-refractivity contribution in [1.29, 1.82) is 0 Å². The van der Waals surface area contributed by atoms with E-state index in [0.717, 1.165) is 51.9 Å². The Bertz CT molecular complexity index is 1050. The molecule has 5 nitrogen and oxygen atoms in total. The van der Waals surface area contributed by atoms with Gasteiger partial charge in [-0.05, 0) is 54.9 Å². The Balaban J connectivity index is 1.33. The molecule has 2 aromatic heterocycles. The minimum Gasteiger partial charge on any atom is -0.355 e. The van der Waals surface area contributed by atoms with Gasteiger partial charge in [-0.3, -0.25) is 4.79 Å². The number of pyridine rings is 1. The van der Waals surface area contributed by atoms with Gasteiger partial charge in [0.1, 0.15) is 5.82 Å². The van der Waals surface area contributed by atoms with Gasteiger partial charge in [0, 0.05) is 29.0 Å². The number of carbonyl (C=O) groups is 1. The lowest BCUT2D eigenvalue weighted by Crippen LogP contribution is -2.30. The van der Waals surface area contributed by atoms with Gasteiger partial charge in [0.25, 0.3) is 5.91 Å². The van der Waals surface area contributed by atoms with Crippen LogP contribution in [-0.4, -0.2) is 37.1 Å². The minimum absolute atomic E-state index is 0.0520. The van der Waals surface area contributed by atoms with Crippen LogP contribution in [0.2, 0.25) is 5.02 Å². The van der Waals surface area contributed by atoms with Crippen molar-refractivity contribution in [2.45, 2.75) is 19.0 Å². The lowest BCUT2D eigenvalue weighted by atomic mass is 10.1. The summed E-state index contributed by atoms with van der Waals surface area (Å²) >= 11 is 7.53. The van der Waals surface area contributed by atoms with Gasteiger partial charge in [-0.2, -0.15) is 0 Å². The van der Waals surface area contributed by atoms with E-state index in [4.69, 9.17) is 11.6 Å². The Hall–Kier alpha value is -2.41. The van der Waals surface area contributed by atoms with Crippen molar-refractivity contribution in [3.05, 3.63) is 64.1 Å². The molecule has 1 amide bonds. The molecule has 3 aromatic rings. The first kappa shape index (κ1) is 18.6. The number of anilines is 2. The van der Waals surface area contributed by atoms with E-state index in [1.807, 2.05) is 54.5 Å². The molecule has 0 aliphatic carbocycles. The van der Waals surface area contributed by atoms with Gasteiger partial charge in [-0.25, -0.2) is 4.98 Å². The smallest absolute Gasteiger partial charge is 0.269 e. The average molecular weight is 425 g/mol. The van der Waals surface area contributed by atoms with Crippen LogP contribution in [0.4, 0.5) is 11.5 Å². The number of aromatic nitrogens is 1. The molecule has 7 heteroatoms. The summed E-state index contributed by atoms with van der Waals surface area (Å²) in [5.74, 6) is 1.02. The zero-order chi connectivity index (χ0) is 20.0. The van der Waals surface area contributed by atoms with Crippen LogP contribution in [-0.2, 0) is 6.54 Å². The van der Waals surface area contributed by atoms with Crippen LogP contribution >= 0.6 is 22.9 Å². The Morgan fingerprint density at radius 2 is 2.03 bits per heavy atom. The molecule has 4 heterocycles. The number of thiophene rings is 1. The first-order chi connectivity index (χ1) is 14.1. The van der Waals surface area contributed by atoms with Crippen LogP contribution in [0.25, 0.3) is 10.4 Å². The van der Waals surface area contributed by atoms with Gasteiger partial charge in [-0.1, -0.05) is 23.7 Å². The van der Waals surface area contributed by atoms with Crippen molar-refractivity contribution in [2.75, 3.05) is 29.9 Å². The molecule has 0 spiro atoms. The van der Waals surface area contributed by atoms with E-state index in [2.05, 4.69) is 21.3 Å². The quantitative estimate of drug-likeness (QED) is 0.673. The monoisotopic (exact) mass is 424 g/mol. The molecule has 148 valence electrons. The third-order valence-electron chi connectivity index (χ3n) is 5.67. The fourth-order valence-electron chi connectivity index (χ4n) is 3.99. The summed E-state index contributed by atoms with van der Waals surface area (Å²) in [6.45, 7) is 2.56. The second-order valence-corrected chi connectivity index (χ2v) is 8.95. The second-order valence-electron chi connectivity index (χ2n) is 7.46. The third kappa shape index (κ3) is 3.41. The molecule has 29 heavy (non-hydrogen) atoms. The Morgan fingerprint density at radius 1 is 1.21 bits per heavy atom. The number of rotatable bonds is 4. The Labute approximate surface area is 178 Å². The molecule has 2 aliphatic rings. The van der Waals surface area contributed by atoms with Crippen molar-refractivity contribution < 1.29 is 4.79 Å². The molecular formula is C22H21ClN4OS. The van der Waals surface area contributed by atoms with Gasteiger partial charge in [0.15, 0.2) is 0 Å². The van der Waals surface area contributed by atoms with Crippen molar-refractivity contribution >= 4 is 40.4 Å².